The maximum atomic E-state index is 13.0. The highest BCUT2D eigenvalue weighted by atomic mass is 32.2. The predicted molar refractivity (Wildman–Crippen MR) is 137 cm³/mol. The Bertz CT molecular complexity index is 1470. The van der Waals surface area contributed by atoms with Crippen molar-refractivity contribution < 1.29 is 27.5 Å². The lowest BCUT2D eigenvalue weighted by molar-refractivity contribution is -0.142. The van der Waals surface area contributed by atoms with Crippen molar-refractivity contribution in [2.45, 2.75) is 24.8 Å². The molecular formula is C27H26N2O6S. The normalized spacial score (nSPS) is 12.7. The van der Waals surface area contributed by atoms with Crippen molar-refractivity contribution in [1.82, 2.24) is 4.31 Å². The van der Waals surface area contributed by atoms with Gasteiger partial charge in [0.05, 0.1) is 4.90 Å². The Hall–Kier alpha value is -3.95. The van der Waals surface area contributed by atoms with E-state index in [1.165, 1.54) is 19.2 Å². The molecule has 0 saturated carbocycles. The van der Waals surface area contributed by atoms with Gasteiger partial charge in [-0.1, -0.05) is 56.3 Å². The van der Waals surface area contributed by atoms with Crippen LogP contribution in [0, 0.1) is 5.92 Å². The second-order valence-corrected chi connectivity index (χ2v) is 10.8. The number of nitrogens with zero attached hydrogens (tertiary/aromatic N) is 1. The van der Waals surface area contributed by atoms with Gasteiger partial charge in [0.1, 0.15) is 11.6 Å². The van der Waals surface area contributed by atoms with Crippen LogP contribution in [-0.4, -0.2) is 42.8 Å². The first-order valence-corrected chi connectivity index (χ1v) is 12.7. The monoisotopic (exact) mass is 506 g/mol. The molecule has 2 N–H and O–H groups in total. The smallest absolute Gasteiger partial charge is 0.322 e. The number of anilines is 1. The molecule has 1 aromatic heterocycles. The summed E-state index contributed by atoms with van der Waals surface area (Å²) in [6, 6.07) is 21.2. The molecule has 9 heteroatoms. The fourth-order valence-corrected chi connectivity index (χ4v) is 5.47. The van der Waals surface area contributed by atoms with Gasteiger partial charge in [-0.05, 0) is 53.4 Å². The average molecular weight is 507 g/mol. The number of hydrogen-bond donors (Lipinski definition) is 2. The first kappa shape index (κ1) is 25.2. The van der Waals surface area contributed by atoms with Crippen molar-refractivity contribution in [3.8, 4) is 11.1 Å². The zero-order chi connectivity index (χ0) is 26.0. The van der Waals surface area contributed by atoms with Crippen LogP contribution in [0.5, 0.6) is 0 Å². The highest BCUT2D eigenvalue weighted by Gasteiger charge is 2.34. The van der Waals surface area contributed by atoms with E-state index in [1.54, 1.807) is 50.2 Å². The summed E-state index contributed by atoms with van der Waals surface area (Å²) in [7, 11) is -2.71. The molecule has 0 aliphatic heterocycles. The predicted octanol–water partition coefficient (Wildman–Crippen LogP) is 5.08. The molecule has 0 spiro atoms. The molecule has 36 heavy (non-hydrogen) atoms. The minimum atomic E-state index is -3.99. The van der Waals surface area contributed by atoms with E-state index in [0.717, 1.165) is 20.8 Å². The fourth-order valence-electron chi connectivity index (χ4n) is 4.03. The molecule has 0 aliphatic carbocycles. The molecular weight excluding hydrogens is 480 g/mol. The van der Waals surface area contributed by atoms with Gasteiger partial charge < -0.3 is 14.8 Å². The molecule has 4 rings (SSSR count). The van der Waals surface area contributed by atoms with Crippen LogP contribution in [0.15, 0.2) is 88.2 Å². The van der Waals surface area contributed by atoms with Gasteiger partial charge in [0.2, 0.25) is 10.0 Å². The van der Waals surface area contributed by atoms with E-state index in [9.17, 15) is 23.1 Å². The largest absolute Gasteiger partial charge is 0.480 e. The summed E-state index contributed by atoms with van der Waals surface area (Å²) in [5, 5.41) is 13.1. The van der Waals surface area contributed by atoms with Gasteiger partial charge in [0.25, 0.3) is 5.91 Å². The zero-order valence-corrected chi connectivity index (χ0v) is 20.8. The number of carbonyl (C=O) groups is 2. The lowest BCUT2D eigenvalue weighted by atomic mass is 10.1. The molecule has 0 fully saturated rings. The highest BCUT2D eigenvalue weighted by Crippen LogP contribution is 2.26. The van der Waals surface area contributed by atoms with Gasteiger partial charge in [0, 0.05) is 18.1 Å². The van der Waals surface area contributed by atoms with E-state index in [1.807, 2.05) is 30.3 Å². The standard InChI is InChI=1S/C27H26N2O6S/c1-17(2)25(27(31)32)29(3)36(33,34)22-14-10-19(11-15-22)18-8-12-21(13-9-18)28-26(30)24-16-20-6-4-5-7-23(20)35-24/h4-17,25H,1-3H3,(H,28,30)(H,31,32). The summed E-state index contributed by atoms with van der Waals surface area (Å²) >= 11 is 0. The first-order valence-electron chi connectivity index (χ1n) is 11.3. The summed E-state index contributed by atoms with van der Waals surface area (Å²) in [5.41, 5.74) is 2.81. The van der Waals surface area contributed by atoms with Crippen molar-refractivity contribution in [1.29, 1.82) is 0 Å². The van der Waals surface area contributed by atoms with E-state index in [2.05, 4.69) is 5.32 Å². The molecule has 1 atom stereocenters. The van der Waals surface area contributed by atoms with Crippen LogP contribution in [0.3, 0.4) is 0 Å². The van der Waals surface area contributed by atoms with E-state index in [-0.39, 0.29) is 16.6 Å². The number of likely N-dealkylation sites (N-methyl/N-ethyl adjacent to an activating group) is 1. The fraction of sp³-hybridized carbons (Fsp3) is 0.185. The van der Waals surface area contributed by atoms with Gasteiger partial charge in [-0.15, -0.1) is 0 Å². The van der Waals surface area contributed by atoms with Gasteiger partial charge in [0.15, 0.2) is 5.76 Å². The average Bonchev–Trinajstić information content (AvgIpc) is 3.29. The molecule has 3 aromatic carbocycles. The Labute approximate surface area is 209 Å². The Kier molecular flexibility index (Phi) is 6.96. The molecule has 8 nitrogen and oxygen atoms in total. The van der Waals surface area contributed by atoms with Crippen molar-refractivity contribution in [2.75, 3.05) is 12.4 Å². The number of nitrogens with one attached hydrogen (secondary N) is 1. The molecule has 0 saturated heterocycles. The minimum absolute atomic E-state index is 0.00960. The lowest BCUT2D eigenvalue weighted by Gasteiger charge is -2.27. The van der Waals surface area contributed by atoms with Crippen LogP contribution in [0.4, 0.5) is 5.69 Å². The zero-order valence-electron chi connectivity index (χ0n) is 20.0. The summed E-state index contributed by atoms with van der Waals surface area (Å²) in [5.74, 6) is -1.74. The first-order chi connectivity index (χ1) is 17.1. The third-order valence-corrected chi connectivity index (χ3v) is 7.79. The summed E-state index contributed by atoms with van der Waals surface area (Å²) in [6.45, 7) is 3.33. The summed E-state index contributed by atoms with van der Waals surface area (Å²) in [6.07, 6.45) is 0. The van der Waals surface area contributed by atoms with Gasteiger partial charge in [-0.25, -0.2) is 8.42 Å². The minimum Gasteiger partial charge on any atom is -0.480 e. The third-order valence-electron chi connectivity index (χ3n) is 5.93. The number of carbonyl (C=O) groups excluding carboxylic acids is 1. The topological polar surface area (TPSA) is 117 Å². The Morgan fingerprint density at radius 3 is 2.06 bits per heavy atom. The number of hydrogen-bond acceptors (Lipinski definition) is 5. The quantitative estimate of drug-likeness (QED) is 0.344. The van der Waals surface area contributed by atoms with Crippen LogP contribution >= 0.6 is 0 Å². The highest BCUT2D eigenvalue weighted by molar-refractivity contribution is 7.89. The SMILES string of the molecule is CC(C)C(C(=O)O)N(C)S(=O)(=O)c1ccc(-c2ccc(NC(=O)c3cc4ccccc4o3)cc2)cc1. The lowest BCUT2D eigenvalue weighted by Crippen LogP contribution is -2.45. The van der Waals surface area contributed by atoms with Gasteiger partial charge >= 0.3 is 5.97 Å². The number of aliphatic carboxylic acids is 1. The molecule has 0 bridgehead atoms. The van der Waals surface area contributed by atoms with E-state index in [4.69, 9.17) is 4.42 Å². The maximum absolute atomic E-state index is 13.0. The van der Waals surface area contributed by atoms with Crippen molar-refractivity contribution in [3.63, 3.8) is 0 Å². The number of rotatable bonds is 8. The van der Waals surface area contributed by atoms with E-state index >= 15 is 0 Å². The van der Waals surface area contributed by atoms with Crippen LogP contribution in [0.25, 0.3) is 22.1 Å². The van der Waals surface area contributed by atoms with Gasteiger partial charge in [-0.2, -0.15) is 4.31 Å². The summed E-state index contributed by atoms with van der Waals surface area (Å²) < 4.78 is 32.4. The Morgan fingerprint density at radius 1 is 0.917 bits per heavy atom. The second-order valence-electron chi connectivity index (χ2n) is 8.75. The number of furan rings is 1. The molecule has 0 radical (unpaired) electrons. The molecule has 1 heterocycles. The Morgan fingerprint density at radius 2 is 1.50 bits per heavy atom. The van der Waals surface area contributed by atoms with Crippen LogP contribution in [0.1, 0.15) is 24.4 Å². The number of fused-ring (bicyclic) bond motifs is 1. The van der Waals surface area contributed by atoms with Crippen LogP contribution < -0.4 is 5.32 Å². The van der Waals surface area contributed by atoms with E-state index in [0.29, 0.717) is 11.3 Å². The third kappa shape index (κ3) is 5.02. The molecule has 1 amide bonds. The summed E-state index contributed by atoms with van der Waals surface area (Å²) in [4.78, 5) is 24.1. The number of amides is 1. The number of sulfonamides is 1. The Balaban J connectivity index is 1.48. The van der Waals surface area contributed by atoms with Crippen LogP contribution in [0.2, 0.25) is 0 Å². The van der Waals surface area contributed by atoms with Crippen molar-refractivity contribution in [2.24, 2.45) is 5.92 Å². The molecule has 1 unspecified atom stereocenters. The maximum Gasteiger partial charge on any atom is 0.322 e. The number of para-hydroxylation sites is 1. The van der Waals surface area contributed by atoms with Gasteiger partial charge in [-0.3, -0.25) is 9.59 Å². The molecule has 0 aliphatic rings. The van der Waals surface area contributed by atoms with E-state index < -0.39 is 28.0 Å². The number of carboxylic acid groups (broad SMARTS) is 1. The number of carboxylic acids is 1. The van der Waals surface area contributed by atoms with Crippen molar-refractivity contribution in [3.05, 3.63) is 84.6 Å². The molecule has 4 aromatic rings. The van der Waals surface area contributed by atoms with Crippen molar-refractivity contribution >= 4 is 38.6 Å². The second kappa shape index (κ2) is 9.96. The molecule has 186 valence electrons. The van der Waals surface area contributed by atoms with Crippen LogP contribution in [-0.2, 0) is 14.8 Å². The number of benzene rings is 3.